The van der Waals surface area contributed by atoms with Gasteiger partial charge in [-0.1, -0.05) is 36.4 Å². The summed E-state index contributed by atoms with van der Waals surface area (Å²) in [6, 6.07) is 17.4. The standard InChI is InChI=1S/C24H19NO8/c1-24(2)32-20-10-6-9-19(21(20)23(27)33-24)31-18-12-11-16(13-17(18)25(28)29)22(26)30-14-15-7-4-3-5-8-15/h3-13H,14H2,1-2H3. The SMILES string of the molecule is CC1(C)OC(=O)c2c(Oc3ccc(C(=O)OCc4ccccc4)cc3[N+](=O)[O-])cccc2O1. The van der Waals surface area contributed by atoms with Gasteiger partial charge in [0.1, 0.15) is 23.7 Å². The smallest absolute Gasteiger partial charge is 0.349 e. The van der Waals surface area contributed by atoms with E-state index in [0.717, 1.165) is 11.6 Å². The molecule has 9 heteroatoms. The van der Waals surface area contributed by atoms with E-state index < -0.39 is 28.3 Å². The second-order valence-corrected chi connectivity index (χ2v) is 7.62. The van der Waals surface area contributed by atoms with Crippen LogP contribution in [0.2, 0.25) is 0 Å². The van der Waals surface area contributed by atoms with E-state index in [1.165, 1.54) is 18.2 Å². The van der Waals surface area contributed by atoms with Crippen LogP contribution in [0.3, 0.4) is 0 Å². The number of carbonyl (C=O) groups is 2. The van der Waals surface area contributed by atoms with Gasteiger partial charge in [0.2, 0.25) is 11.5 Å². The number of hydrogen-bond donors (Lipinski definition) is 0. The maximum absolute atomic E-state index is 12.5. The van der Waals surface area contributed by atoms with Crippen LogP contribution in [0.5, 0.6) is 17.2 Å². The third-order valence-corrected chi connectivity index (χ3v) is 4.71. The highest BCUT2D eigenvalue weighted by atomic mass is 16.7. The number of nitrogens with zero attached hydrogens (tertiary/aromatic N) is 1. The molecule has 33 heavy (non-hydrogen) atoms. The molecule has 1 aliphatic rings. The average Bonchev–Trinajstić information content (AvgIpc) is 2.77. The lowest BCUT2D eigenvalue weighted by Gasteiger charge is -2.32. The lowest BCUT2D eigenvalue weighted by atomic mass is 10.1. The minimum Gasteiger partial charge on any atom is -0.457 e. The monoisotopic (exact) mass is 449 g/mol. The van der Waals surface area contributed by atoms with E-state index in [0.29, 0.717) is 0 Å². The number of benzene rings is 3. The fourth-order valence-corrected chi connectivity index (χ4v) is 3.24. The Labute approximate surface area is 188 Å². The molecule has 0 spiro atoms. The van der Waals surface area contributed by atoms with E-state index in [9.17, 15) is 19.7 Å². The molecular formula is C24H19NO8. The Morgan fingerprint density at radius 1 is 1.00 bits per heavy atom. The zero-order valence-electron chi connectivity index (χ0n) is 17.8. The molecule has 0 amide bonds. The Morgan fingerprint density at radius 2 is 1.76 bits per heavy atom. The summed E-state index contributed by atoms with van der Waals surface area (Å²) >= 11 is 0. The lowest BCUT2D eigenvalue weighted by Crippen LogP contribution is -2.38. The summed E-state index contributed by atoms with van der Waals surface area (Å²) < 4.78 is 21.8. The van der Waals surface area contributed by atoms with Crippen molar-refractivity contribution in [3.63, 3.8) is 0 Å². The Morgan fingerprint density at radius 3 is 2.48 bits per heavy atom. The first kappa shape index (κ1) is 21.8. The van der Waals surface area contributed by atoms with Crippen LogP contribution in [0.4, 0.5) is 5.69 Å². The third kappa shape index (κ3) is 4.77. The fraction of sp³-hybridized carbons (Fsp3) is 0.167. The van der Waals surface area contributed by atoms with Crippen LogP contribution in [-0.4, -0.2) is 22.6 Å². The molecule has 3 aromatic carbocycles. The van der Waals surface area contributed by atoms with Gasteiger partial charge in [0.15, 0.2) is 0 Å². The third-order valence-electron chi connectivity index (χ3n) is 4.71. The molecule has 0 bridgehead atoms. The molecule has 0 aliphatic carbocycles. The van der Waals surface area contributed by atoms with Gasteiger partial charge in [-0.2, -0.15) is 0 Å². The van der Waals surface area contributed by atoms with Gasteiger partial charge in [0, 0.05) is 19.9 Å². The van der Waals surface area contributed by atoms with E-state index in [1.54, 1.807) is 38.1 Å². The molecule has 9 nitrogen and oxygen atoms in total. The van der Waals surface area contributed by atoms with E-state index in [2.05, 4.69) is 0 Å². The molecule has 1 heterocycles. The van der Waals surface area contributed by atoms with Crippen molar-refractivity contribution in [2.75, 3.05) is 0 Å². The molecule has 4 rings (SSSR count). The number of carbonyl (C=O) groups excluding carboxylic acids is 2. The van der Waals surface area contributed by atoms with Gasteiger partial charge in [0.05, 0.1) is 10.5 Å². The van der Waals surface area contributed by atoms with Gasteiger partial charge in [0.25, 0.3) is 0 Å². The molecule has 0 saturated heterocycles. The molecule has 0 atom stereocenters. The predicted molar refractivity (Wildman–Crippen MR) is 115 cm³/mol. The van der Waals surface area contributed by atoms with Crippen molar-refractivity contribution < 1.29 is 33.5 Å². The summed E-state index contributed by atoms with van der Waals surface area (Å²) in [6.45, 7) is 3.20. The summed E-state index contributed by atoms with van der Waals surface area (Å²) in [5.41, 5.74) is 0.320. The highest BCUT2D eigenvalue weighted by Crippen LogP contribution is 2.40. The molecule has 1 aliphatic heterocycles. The van der Waals surface area contributed by atoms with E-state index in [-0.39, 0.29) is 35.0 Å². The minimum absolute atomic E-state index is 0.00966. The largest absolute Gasteiger partial charge is 0.457 e. The van der Waals surface area contributed by atoms with Crippen molar-refractivity contribution in [2.24, 2.45) is 0 Å². The van der Waals surface area contributed by atoms with Crippen molar-refractivity contribution >= 4 is 17.6 Å². The summed E-state index contributed by atoms with van der Waals surface area (Å²) in [5.74, 6) is -2.46. The van der Waals surface area contributed by atoms with Crippen molar-refractivity contribution in [1.82, 2.24) is 0 Å². The highest BCUT2D eigenvalue weighted by molar-refractivity contribution is 5.97. The lowest BCUT2D eigenvalue weighted by molar-refractivity contribution is -0.385. The van der Waals surface area contributed by atoms with Gasteiger partial charge >= 0.3 is 17.6 Å². The van der Waals surface area contributed by atoms with E-state index >= 15 is 0 Å². The van der Waals surface area contributed by atoms with Gasteiger partial charge in [-0.25, -0.2) is 9.59 Å². The average molecular weight is 449 g/mol. The fourth-order valence-electron chi connectivity index (χ4n) is 3.24. The van der Waals surface area contributed by atoms with E-state index in [4.69, 9.17) is 18.9 Å². The number of cyclic esters (lactones) is 1. The zero-order chi connectivity index (χ0) is 23.6. The number of hydrogen-bond acceptors (Lipinski definition) is 8. The second-order valence-electron chi connectivity index (χ2n) is 7.62. The van der Waals surface area contributed by atoms with Crippen molar-refractivity contribution in [3.8, 4) is 17.2 Å². The summed E-state index contributed by atoms with van der Waals surface area (Å²) in [7, 11) is 0. The van der Waals surface area contributed by atoms with E-state index in [1.807, 2.05) is 18.2 Å². The number of rotatable bonds is 6. The molecule has 0 N–H and O–H groups in total. The van der Waals surface area contributed by atoms with Gasteiger partial charge in [-0.3, -0.25) is 10.1 Å². The van der Waals surface area contributed by atoms with Crippen LogP contribution in [0.25, 0.3) is 0 Å². The quantitative estimate of drug-likeness (QED) is 0.292. The Balaban J connectivity index is 1.59. The molecular weight excluding hydrogens is 430 g/mol. The van der Waals surface area contributed by atoms with Crippen LogP contribution in [-0.2, 0) is 16.1 Å². The maximum Gasteiger partial charge on any atom is 0.349 e. The topological polar surface area (TPSA) is 114 Å². The first-order valence-electron chi connectivity index (χ1n) is 9.96. The minimum atomic E-state index is -1.16. The maximum atomic E-state index is 12.5. The van der Waals surface area contributed by atoms with Crippen LogP contribution in [0, 0.1) is 10.1 Å². The second kappa shape index (κ2) is 8.62. The van der Waals surface area contributed by atoms with Crippen LogP contribution in [0.15, 0.2) is 66.7 Å². The Hall–Kier alpha value is -4.40. The molecule has 0 fully saturated rings. The molecule has 3 aromatic rings. The molecule has 0 unspecified atom stereocenters. The predicted octanol–water partition coefficient (Wildman–Crippen LogP) is 5.03. The van der Waals surface area contributed by atoms with Gasteiger partial charge < -0.3 is 18.9 Å². The molecule has 0 radical (unpaired) electrons. The first-order chi connectivity index (χ1) is 15.7. The van der Waals surface area contributed by atoms with Crippen LogP contribution in [0.1, 0.15) is 40.1 Å². The highest BCUT2D eigenvalue weighted by Gasteiger charge is 2.36. The number of nitro benzene ring substituents is 1. The van der Waals surface area contributed by atoms with Crippen molar-refractivity contribution in [2.45, 2.75) is 26.2 Å². The number of ether oxygens (including phenoxy) is 4. The number of fused-ring (bicyclic) bond motifs is 1. The molecule has 168 valence electrons. The Bertz CT molecular complexity index is 1240. The molecule has 0 saturated carbocycles. The van der Waals surface area contributed by atoms with Gasteiger partial charge in [-0.05, 0) is 29.8 Å². The molecule has 0 aromatic heterocycles. The number of nitro groups is 1. The van der Waals surface area contributed by atoms with Crippen molar-refractivity contribution in [3.05, 3.63) is 93.5 Å². The summed E-state index contributed by atoms with van der Waals surface area (Å²) in [6.07, 6.45) is 0. The van der Waals surface area contributed by atoms with Crippen molar-refractivity contribution in [1.29, 1.82) is 0 Å². The Kier molecular flexibility index (Phi) is 5.70. The first-order valence-corrected chi connectivity index (χ1v) is 9.96. The van der Waals surface area contributed by atoms with Crippen LogP contribution >= 0.6 is 0 Å². The van der Waals surface area contributed by atoms with Gasteiger partial charge in [-0.15, -0.1) is 0 Å². The summed E-state index contributed by atoms with van der Waals surface area (Å²) in [4.78, 5) is 35.9. The summed E-state index contributed by atoms with van der Waals surface area (Å²) in [5, 5.41) is 11.7. The zero-order valence-corrected chi connectivity index (χ0v) is 17.8. The number of esters is 2. The van der Waals surface area contributed by atoms with Crippen LogP contribution < -0.4 is 9.47 Å². The normalized spacial score (nSPS) is 13.8.